The largest absolute Gasteiger partial charge is 0.351 e. The van der Waals surface area contributed by atoms with E-state index in [0.29, 0.717) is 23.6 Å². The van der Waals surface area contributed by atoms with Crippen LogP contribution < -0.4 is 5.32 Å². The van der Waals surface area contributed by atoms with Crippen molar-refractivity contribution in [1.82, 2.24) is 5.32 Å². The second-order valence-electron chi connectivity index (χ2n) is 5.30. The topological polar surface area (TPSA) is 63.2 Å². The van der Waals surface area contributed by atoms with Crippen molar-refractivity contribution in [3.05, 3.63) is 65.5 Å². The van der Waals surface area contributed by atoms with Gasteiger partial charge < -0.3 is 5.32 Å². The quantitative estimate of drug-likeness (QED) is 0.713. The van der Waals surface area contributed by atoms with Gasteiger partial charge >= 0.3 is 0 Å². The lowest BCUT2D eigenvalue weighted by molar-refractivity contribution is 0.0953. The molecule has 134 valence electrons. The minimum Gasteiger partial charge on any atom is -0.351 e. The zero-order chi connectivity index (χ0) is 18.3. The van der Waals surface area contributed by atoms with E-state index in [0.717, 1.165) is 0 Å². The van der Waals surface area contributed by atoms with Crippen LogP contribution in [0.5, 0.6) is 0 Å². The van der Waals surface area contributed by atoms with Gasteiger partial charge in [0, 0.05) is 18.1 Å². The van der Waals surface area contributed by atoms with Gasteiger partial charge in [-0.2, -0.15) is 11.8 Å². The second kappa shape index (κ2) is 9.01. The number of nitrogens with one attached hydrogen (secondary N) is 1. The van der Waals surface area contributed by atoms with Crippen LogP contribution in [-0.4, -0.2) is 32.4 Å². The maximum absolute atomic E-state index is 13.5. The first-order chi connectivity index (χ1) is 12.0. The summed E-state index contributed by atoms with van der Waals surface area (Å²) in [6, 6.07) is 12.8. The Balaban J connectivity index is 1.88. The van der Waals surface area contributed by atoms with E-state index in [4.69, 9.17) is 0 Å². The number of sulfone groups is 1. The molecular formula is C18H20FNO3S2. The summed E-state index contributed by atoms with van der Waals surface area (Å²) in [5.41, 5.74) is 0.779. The van der Waals surface area contributed by atoms with E-state index in [9.17, 15) is 17.6 Å². The average Bonchev–Trinajstić information content (AvgIpc) is 2.62. The van der Waals surface area contributed by atoms with Crippen LogP contribution in [0.15, 0.2) is 53.4 Å². The van der Waals surface area contributed by atoms with E-state index in [2.05, 4.69) is 5.32 Å². The van der Waals surface area contributed by atoms with Crippen LogP contribution in [0.25, 0.3) is 0 Å². The molecule has 0 heterocycles. The first kappa shape index (κ1) is 19.5. The molecule has 7 heteroatoms. The molecule has 0 radical (unpaired) electrons. The maximum atomic E-state index is 13.5. The lowest BCUT2D eigenvalue weighted by Gasteiger charge is -2.10. The molecule has 25 heavy (non-hydrogen) atoms. The number of benzene rings is 2. The van der Waals surface area contributed by atoms with Crippen molar-refractivity contribution in [1.29, 1.82) is 0 Å². The lowest BCUT2D eigenvalue weighted by Crippen LogP contribution is -2.27. The van der Waals surface area contributed by atoms with Gasteiger partial charge in [0.15, 0.2) is 9.84 Å². The van der Waals surface area contributed by atoms with Crippen LogP contribution >= 0.6 is 11.8 Å². The third-order valence-corrected chi connectivity index (χ3v) is 6.39. The summed E-state index contributed by atoms with van der Waals surface area (Å²) in [7, 11) is -3.46. The molecule has 0 bridgehead atoms. The van der Waals surface area contributed by atoms with Crippen molar-refractivity contribution in [3.63, 3.8) is 0 Å². The Kier molecular flexibility index (Phi) is 7.01. The summed E-state index contributed by atoms with van der Waals surface area (Å²) >= 11 is 1.50. The van der Waals surface area contributed by atoms with Gasteiger partial charge in [0.05, 0.1) is 16.2 Å². The van der Waals surface area contributed by atoms with Gasteiger partial charge in [-0.3, -0.25) is 4.79 Å². The van der Waals surface area contributed by atoms with E-state index in [1.165, 1.54) is 30.0 Å². The first-order valence-corrected chi connectivity index (χ1v) is 10.7. The molecule has 0 aliphatic rings. The molecule has 0 spiro atoms. The number of hydrogen-bond acceptors (Lipinski definition) is 4. The lowest BCUT2D eigenvalue weighted by atomic mass is 10.2. The van der Waals surface area contributed by atoms with Gasteiger partial charge in [-0.25, -0.2) is 12.8 Å². The number of hydrogen-bond donors (Lipinski definition) is 1. The molecule has 0 aliphatic carbocycles. The van der Waals surface area contributed by atoms with E-state index >= 15 is 0 Å². The van der Waals surface area contributed by atoms with E-state index in [1.54, 1.807) is 37.3 Å². The molecule has 0 aliphatic heterocycles. The van der Waals surface area contributed by atoms with Crippen LogP contribution in [0.2, 0.25) is 0 Å². The highest BCUT2D eigenvalue weighted by Crippen LogP contribution is 2.17. The first-order valence-electron chi connectivity index (χ1n) is 7.87. The van der Waals surface area contributed by atoms with Crippen molar-refractivity contribution >= 4 is 27.5 Å². The van der Waals surface area contributed by atoms with Gasteiger partial charge in [-0.1, -0.05) is 37.3 Å². The molecule has 0 saturated carbocycles. The highest BCUT2D eigenvalue weighted by Gasteiger charge is 2.20. The Morgan fingerprint density at radius 3 is 2.52 bits per heavy atom. The van der Waals surface area contributed by atoms with Crippen LogP contribution in [0.4, 0.5) is 4.39 Å². The molecule has 2 aromatic rings. The third-order valence-electron chi connectivity index (χ3n) is 3.59. The molecule has 0 saturated heterocycles. The Morgan fingerprint density at radius 1 is 1.12 bits per heavy atom. The standard InChI is InChI=1S/C18H20FNO3S2/c1-2-25(22,23)17-10-6-4-8-15(17)18(21)20-11-12-24-13-14-7-3-5-9-16(14)19/h3-10H,2,11-13H2,1H3,(H,20,21). The fraction of sp³-hybridized carbons (Fsp3) is 0.278. The van der Waals surface area contributed by atoms with E-state index in [1.807, 2.05) is 0 Å². The fourth-order valence-electron chi connectivity index (χ4n) is 2.21. The predicted molar refractivity (Wildman–Crippen MR) is 99.1 cm³/mol. The normalized spacial score (nSPS) is 11.3. The van der Waals surface area contributed by atoms with Crippen molar-refractivity contribution in [3.8, 4) is 0 Å². The number of rotatable bonds is 8. The van der Waals surface area contributed by atoms with E-state index in [-0.39, 0.29) is 22.0 Å². The summed E-state index contributed by atoms with van der Waals surface area (Å²) in [6.45, 7) is 1.92. The maximum Gasteiger partial charge on any atom is 0.252 e. The Labute approximate surface area is 151 Å². The SMILES string of the molecule is CCS(=O)(=O)c1ccccc1C(=O)NCCSCc1ccccc1F. The Hall–Kier alpha value is -1.86. The highest BCUT2D eigenvalue weighted by atomic mass is 32.2. The van der Waals surface area contributed by atoms with Gasteiger partial charge in [-0.05, 0) is 23.8 Å². The average molecular weight is 381 g/mol. The van der Waals surface area contributed by atoms with Gasteiger partial charge in [-0.15, -0.1) is 0 Å². The zero-order valence-electron chi connectivity index (χ0n) is 13.9. The second-order valence-corrected chi connectivity index (χ2v) is 8.65. The molecule has 4 nitrogen and oxygen atoms in total. The predicted octanol–water partition coefficient (Wildman–Crippen LogP) is 3.28. The van der Waals surface area contributed by atoms with Crippen LogP contribution in [0, 0.1) is 5.82 Å². The summed E-state index contributed by atoms with van der Waals surface area (Å²) in [5, 5.41) is 2.72. The molecule has 0 fully saturated rings. The Morgan fingerprint density at radius 2 is 1.80 bits per heavy atom. The third kappa shape index (κ3) is 5.31. The van der Waals surface area contributed by atoms with Crippen molar-refractivity contribution < 1.29 is 17.6 Å². The number of carbonyl (C=O) groups excluding carboxylic acids is 1. The Bertz CT molecular complexity index is 838. The van der Waals surface area contributed by atoms with E-state index < -0.39 is 15.7 Å². The molecule has 0 aromatic heterocycles. The van der Waals surface area contributed by atoms with Crippen LogP contribution in [0.1, 0.15) is 22.8 Å². The summed E-state index contributed by atoms with van der Waals surface area (Å²) < 4.78 is 37.6. The molecule has 1 amide bonds. The van der Waals surface area contributed by atoms with Crippen LogP contribution in [0.3, 0.4) is 0 Å². The number of amides is 1. The van der Waals surface area contributed by atoms with Gasteiger partial charge in [0.2, 0.25) is 0 Å². The van der Waals surface area contributed by atoms with Crippen molar-refractivity contribution in [2.75, 3.05) is 18.1 Å². The zero-order valence-corrected chi connectivity index (χ0v) is 15.5. The minimum atomic E-state index is -3.46. The molecule has 0 atom stereocenters. The van der Waals surface area contributed by atoms with Gasteiger partial charge in [0.25, 0.3) is 5.91 Å². The van der Waals surface area contributed by atoms with Crippen molar-refractivity contribution in [2.45, 2.75) is 17.6 Å². The molecule has 2 aromatic carbocycles. The highest BCUT2D eigenvalue weighted by molar-refractivity contribution is 7.98. The fourth-order valence-corrected chi connectivity index (χ4v) is 4.15. The number of carbonyl (C=O) groups is 1. The monoisotopic (exact) mass is 381 g/mol. The summed E-state index contributed by atoms with van der Waals surface area (Å²) in [6.07, 6.45) is 0. The van der Waals surface area contributed by atoms with Crippen LogP contribution in [-0.2, 0) is 15.6 Å². The molecule has 0 unspecified atom stereocenters. The van der Waals surface area contributed by atoms with Gasteiger partial charge in [0.1, 0.15) is 5.82 Å². The number of thioether (sulfide) groups is 1. The minimum absolute atomic E-state index is 0.0500. The molecular weight excluding hydrogens is 361 g/mol. The molecule has 2 rings (SSSR count). The van der Waals surface area contributed by atoms with Crippen molar-refractivity contribution in [2.24, 2.45) is 0 Å². The number of halogens is 1. The molecule has 1 N–H and O–H groups in total. The smallest absolute Gasteiger partial charge is 0.252 e. The summed E-state index contributed by atoms with van der Waals surface area (Å²) in [5.74, 6) is 0.402. The summed E-state index contributed by atoms with van der Waals surface area (Å²) in [4.78, 5) is 12.3.